The molecule has 2 amide bonds. The van der Waals surface area contributed by atoms with Gasteiger partial charge in [-0.15, -0.1) is 0 Å². The highest BCUT2D eigenvalue weighted by Crippen LogP contribution is 2.37. The fraction of sp³-hybridized carbons (Fsp3) is 0.571. The lowest BCUT2D eigenvalue weighted by molar-refractivity contribution is -0.308. The van der Waals surface area contributed by atoms with Crippen LogP contribution in [0.15, 0.2) is 48.5 Å². The maximum atomic E-state index is 12.4. The van der Waals surface area contributed by atoms with E-state index in [2.05, 4.69) is 26.0 Å². The molecule has 10 nitrogen and oxygen atoms in total. The Balaban J connectivity index is 0.000000328. The summed E-state index contributed by atoms with van der Waals surface area (Å²) >= 11 is 15.9. The van der Waals surface area contributed by atoms with Gasteiger partial charge in [-0.2, -0.15) is 52.7 Å². The van der Waals surface area contributed by atoms with Crippen molar-refractivity contribution in [1.29, 1.82) is 0 Å². The fourth-order valence-electron chi connectivity index (χ4n) is 5.11. The molecule has 0 saturated carbocycles. The summed E-state index contributed by atoms with van der Waals surface area (Å²) in [5.74, 6) is 0. The Hall–Kier alpha value is -3.60. The van der Waals surface area contributed by atoms with E-state index in [1.165, 1.54) is 5.56 Å². The minimum atomic E-state index is -5.72. The number of piperazine rings is 2. The smallest absolute Gasteiger partial charge is 0.434 e. The van der Waals surface area contributed by atoms with E-state index >= 15 is 0 Å². The Bertz CT molecular complexity index is 1630. The lowest BCUT2D eigenvalue weighted by Crippen LogP contribution is -2.52. The number of benzene rings is 2. The van der Waals surface area contributed by atoms with Gasteiger partial charge >= 0.3 is 42.3 Å². The summed E-state index contributed by atoms with van der Waals surface area (Å²) in [5.41, 5.74) is -0.415. The number of amides is 2. The molecule has 340 valence electrons. The molecule has 60 heavy (non-hydrogen) atoms. The quantitative estimate of drug-likeness (QED) is 0.161. The minimum Gasteiger partial charge on any atom is -0.444 e. The van der Waals surface area contributed by atoms with Crippen LogP contribution in [0.1, 0.15) is 31.9 Å². The van der Waals surface area contributed by atoms with Crippen LogP contribution in [0.2, 0.25) is 10.0 Å². The van der Waals surface area contributed by atoms with Gasteiger partial charge in [-0.25, -0.2) is 14.4 Å². The summed E-state index contributed by atoms with van der Waals surface area (Å²) in [4.78, 5) is 40.2. The fourth-order valence-corrected chi connectivity index (χ4v) is 5.45. The Morgan fingerprint density at radius 2 is 0.833 bits per heavy atom. The molecule has 2 saturated heterocycles. The average Bonchev–Trinajstić information content (AvgIpc) is 3.10. The van der Waals surface area contributed by atoms with Crippen LogP contribution in [0, 0.1) is 0 Å². The third-order valence-corrected chi connectivity index (χ3v) is 8.50. The highest BCUT2D eigenvalue weighted by Gasteiger charge is 2.61. The second-order valence-corrected chi connectivity index (χ2v) is 15.1. The van der Waals surface area contributed by atoms with Crippen LogP contribution in [0.5, 0.6) is 0 Å². The van der Waals surface area contributed by atoms with Gasteiger partial charge in [0.1, 0.15) is 5.60 Å². The maximum absolute atomic E-state index is 12.4. The molecule has 2 aliphatic rings. The third-order valence-electron chi connectivity index (χ3n) is 7.91. The number of alkyl halides is 12. The zero-order valence-corrected chi connectivity index (χ0v) is 34.0. The first kappa shape index (κ1) is 52.5. The number of carbonyl (C=O) groups is 3. The number of hydrogen-bond acceptors (Lipinski definition) is 8. The van der Waals surface area contributed by atoms with Gasteiger partial charge in [-0.3, -0.25) is 9.80 Å². The van der Waals surface area contributed by atoms with Crippen LogP contribution in [0.3, 0.4) is 0 Å². The molecule has 0 spiro atoms. The second-order valence-electron chi connectivity index (χ2n) is 13.9. The summed E-state index contributed by atoms with van der Waals surface area (Å²) in [6.07, 6.45) is -33.0. The van der Waals surface area contributed by atoms with Crippen LogP contribution in [0.4, 0.5) is 67.1 Å². The topological polar surface area (TPSA) is 91.9 Å². The van der Waals surface area contributed by atoms with Crippen LogP contribution in [0.25, 0.3) is 0 Å². The summed E-state index contributed by atoms with van der Waals surface area (Å²) in [5, 5.41) is 1.33. The summed E-state index contributed by atoms with van der Waals surface area (Å²) in [7, 11) is 0. The van der Waals surface area contributed by atoms with Gasteiger partial charge in [-0.1, -0.05) is 47.5 Å². The normalized spacial score (nSPS) is 16.1. The molecular weight excluding hydrogens is 907 g/mol. The van der Waals surface area contributed by atoms with E-state index in [0.29, 0.717) is 37.7 Å². The van der Waals surface area contributed by atoms with Crippen molar-refractivity contribution in [3.8, 4) is 0 Å². The van der Waals surface area contributed by atoms with E-state index in [-0.39, 0.29) is 19.2 Å². The molecule has 25 heteroatoms. The van der Waals surface area contributed by atoms with Gasteiger partial charge in [-0.05, 0) is 56.2 Å². The van der Waals surface area contributed by atoms with E-state index in [4.69, 9.17) is 27.9 Å². The molecule has 2 aromatic rings. The molecule has 4 rings (SSSR count). The van der Waals surface area contributed by atoms with Gasteiger partial charge in [0.05, 0.1) is 0 Å². The van der Waals surface area contributed by atoms with Crippen LogP contribution < -0.4 is 0 Å². The Morgan fingerprint density at radius 3 is 1.10 bits per heavy atom. The molecule has 0 radical (unpaired) electrons. The lowest BCUT2D eigenvalue weighted by Gasteiger charge is -2.35. The number of nitrogens with zero attached hydrogens (tertiary/aromatic N) is 4. The second kappa shape index (κ2) is 22.0. The molecule has 0 unspecified atom stereocenters. The molecule has 0 aliphatic carbocycles. The monoisotopic (exact) mass is 944 g/mol. The molecule has 0 N–H and O–H groups in total. The molecular formula is C35H39Cl3F12N4O6. The van der Waals surface area contributed by atoms with E-state index in [9.17, 15) is 67.1 Å². The molecule has 2 fully saturated rings. The first-order valence-corrected chi connectivity index (χ1v) is 18.5. The minimum absolute atomic E-state index is 0.0329. The Labute approximate surface area is 351 Å². The number of ether oxygens (including phenoxy) is 3. The van der Waals surface area contributed by atoms with Gasteiger partial charge in [0.2, 0.25) is 0 Å². The first-order valence-electron chi connectivity index (χ1n) is 17.3. The maximum Gasteiger partial charge on any atom is 0.434 e. The summed E-state index contributed by atoms with van der Waals surface area (Å²) < 4.78 is 156. The predicted molar refractivity (Wildman–Crippen MR) is 193 cm³/mol. The van der Waals surface area contributed by atoms with E-state index in [1.807, 2.05) is 49.9 Å². The molecule has 0 atom stereocenters. The SMILES string of the molecule is CC(C)(C)OC(=O)N1CCN(Cc2ccc(Cl)cc2)CC1.O=C(Cl)OC(C(F)(F)F)C(F)(F)F.O=C(OC(C(F)(F)F)C(F)(F)F)N1CCN(Cc2ccc(Cl)cc2)CC1. The third kappa shape index (κ3) is 19.4. The number of halogens is 15. The van der Waals surface area contributed by atoms with Crippen molar-refractivity contribution in [2.24, 2.45) is 0 Å². The van der Waals surface area contributed by atoms with Crippen molar-refractivity contribution in [2.75, 3.05) is 52.4 Å². The van der Waals surface area contributed by atoms with Crippen molar-refractivity contribution in [1.82, 2.24) is 19.6 Å². The van der Waals surface area contributed by atoms with Crippen LogP contribution in [-0.4, -0.2) is 132 Å². The molecule has 0 aromatic heterocycles. The zero-order valence-electron chi connectivity index (χ0n) is 31.8. The standard InChI is InChI=1S/C16H23ClN2O2.C15H15ClF6N2O2.C4HClF6O2/c1-16(2,3)21-15(20)19-10-8-18(9-11-19)12-13-4-6-14(17)7-5-13;16-11-3-1-10(2-4-11)9-23-5-7-24(8-6-23)13(25)26-12(14(17,18)19)15(20,21)22;5-2(12)13-1(3(6,7)8)4(9,10)11/h4-7H,8-12H2,1-3H3;1-4,12H,5-9H2;1H. The molecule has 0 bridgehead atoms. The Kier molecular flexibility index (Phi) is 19.2. The van der Waals surface area contributed by atoms with Crippen LogP contribution >= 0.6 is 34.8 Å². The lowest BCUT2D eigenvalue weighted by atomic mass is 10.2. The first-order chi connectivity index (χ1) is 27.3. The molecule has 2 heterocycles. The van der Waals surface area contributed by atoms with E-state index in [0.717, 1.165) is 35.1 Å². The van der Waals surface area contributed by atoms with E-state index < -0.39 is 54.0 Å². The summed E-state index contributed by atoms with van der Waals surface area (Å²) in [6.45, 7) is 10.7. The van der Waals surface area contributed by atoms with E-state index in [1.54, 1.807) is 29.2 Å². The van der Waals surface area contributed by atoms with Gasteiger partial charge in [0.25, 0.3) is 12.2 Å². The van der Waals surface area contributed by atoms with Gasteiger partial charge < -0.3 is 24.0 Å². The van der Waals surface area contributed by atoms with Crippen molar-refractivity contribution < 1.29 is 81.3 Å². The largest absolute Gasteiger partial charge is 0.444 e. The predicted octanol–water partition coefficient (Wildman–Crippen LogP) is 10.3. The highest BCUT2D eigenvalue weighted by molar-refractivity contribution is 6.61. The number of rotatable bonds is 6. The van der Waals surface area contributed by atoms with Gasteiger partial charge in [0.15, 0.2) is 0 Å². The van der Waals surface area contributed by atoms with Crippen LogP contribution in [-0.2, 0) is 27.3 Å². The zero-order chi connectivity index (χ0) is 45.9. The Morgan fingerprint density at radius 1 is 0.533 bits per heavy atom. The van der Waals surface area contributed by atoms with Crippen molar-refractivity contribution >= 4 is 52.4 Å². The molecule has 2 aliphatic heterocycles. The van der Waals surface area contributed by atoms with Gasteiger partial charge in [0, 0.05) is 87.1 Å². The molecule has 2 aromatic carbocycles. The number of carbonyl (C=O) groups excluding carboxylic acids is 3. The average molecular weight is 946 g/mol. The highest BCUT2D eigenvalue weighted by atomic mass is 35.5. The van der Waals surface area contributed by atoms with Crippen molar-refractivity contribution in [3.05, 3.63) is 69.7 Å². The number of hydrogen-bond donors (Lipinski definition) is 0. The van der Waals surface area contributed by atoms with Crippen molar-refractivity contribution in [3.63, 3.8) is 0 Å². The van der Waals surface area contributed by atoms with Crippen molar-refractivity contribution in [2.45, 2.75) is 76.4 Å². The summed E-state index contributed by atoms with van der Waals surface area (Å²) in [6, 6.07) is 14.9.